The first kappa shape index (κ1) is 17.0. The zero-order valence-corrected chi connectivity index (χ0v) is 16.1. The normalized spacial score (nSPS) is 15.6. The maximum Gasteiger partial charge on any atom is 0.344 e. The van der Waals surface area contributed by atoms with Gasteiger partial charge in [0.25, 0.3) is 0 Å². The van der Waals surface area contributed by atoms with Gasteiger partial charge in [0, 0.05) is 61.3 Å². The highest BCUT2D eigenvalue weighted by Crippen LogP contribution is 2.26. The van der Waals surface area contributed by atoms with Gasteiger partial charge in [0.1, 0.15) is 11.2 Å². The summed E-state index contributed by atoms with van der Waals surface area (Å²) in [6.07, 6.45) is 3.87. The fourth-order valence-electron chi connectivity index (χ4n) is 3.84. The molecule has 0 unspecified atom stereocenters. The van der Waals surface area contributed by atoms with Gasteiger partial charge in [-0.25, -0.2) is 9.78 Å². The van der Waals surface area contributed by atoms with Crippen LogP contribution in [0.25, 0.3) is 27.7 Å². The largest absolute Gasteiger partial charge is 0.422 e. The van der Waals surface area contributed by atoms with Gasteiger partial charge in [-0.1, -0.05) is 0 Å². The van der Waals surface area contributed by atoms with Crippen molar-refractivity contribution in [3.63, 3.8) is 0 Å². The molecule has 28 heavy (non-hydrogen) atoms. The Hall–Kier alpha value is -3.12. The Labute approximate surface area is 162 Å². The van der Waals surface area contributed by atoms with Crippen molar-refractivity contribution in [1.29, 1.82) is 0 Å². The van der Waals surface area contributed by atoms with Crippen molar-refractivity contribution in [2.24, 2.45) is 0 Å². The third-order valence-electron chi connectivity index (χ3n) is 5.47. The molecule has 1 aromatic carbocycles. The summed E-state index contributed by atoms with van der Waals surface area (Å²) in [7, 11) is 2.14. The van der Waals surface area contributed by atoms with Crippen molar-refractivity contribution in [3.05, 3.63) is 64.9 Å². The van der Waals surface area contributed by atoms with Gasteiger partial charge in [-0.15, -0.1) is 0 Å². The second-order valence-corrected chi connectivity index (χ2v) is 7.53. The molecule has 1 aliphatic heterocycles. The van der Waals surface area contributed by atoms with Crippen molar-refractivity contribution >= 4 is 22.3 Å². The van der Waals surface area contributed by atoms with Crippen LogP contribution in [0.5, 0.6) is 0 Å². The van der Waals surface area contributed by atoms with Gasteiger partial charge in [-0.2, -0.15) is 0 Å². The number of hydrogen-bond donors (Lipinski definition) is 0. The van der Waals surface area contributed by atoms with Gasteiger partial charge in [0.2, 0.25) is 0 Å². The second kappa shape index (κ2) is 6.49. The summed E-state index contributed by atoms with van der Waals surface area (Å²) in [4.78, 5) is 21.8. The van der Waals surface area contributed by atoms with E-state index in [-0.39, 0.29) is 5.63 Å². The van der Waals surface area contributed by atoms with Gasteiger partial charge < -0.3 is 18.6 Å². The van der Waals surface area contributed by atoms with Crippen LogP contribution in [-0.4, -0.2) is 47.5 Å². The molecule has 0 spiro atoms. The minimum absolute atomic E-state index is 0.320. The minimum Gasteiger partial charge on any atom is -0.422 e. The Balaban J connectivity index is 1.54. The minimum atomic E-state index is -0.320. The quantitative estimate of drug-likeness (QED) is 0.505. The Morgan fingerprint density at radius 3 is 2.64 bits per heavy atom. The number of fused-ring (bicyclic) bond motifs is 2. The molecule has 0 radical (unpaired) electrons. The average Bonchev–Trinajstić information content (AvgIpc) is 3.07. The Kier molecular flexibility index (Phi) is 3.94. The molecule has 142 valence electrons. The van der Waals surface area contributed by atoms with Crippen LogP contribution in [0.4, 0.5) is 5.69 Å². The van der Waals surface area contributed by atoms with Crippen LogP contribution < -0.4 is 10.5 Å². The molecule has 4 aromatic rings. The fourth-order valence-corrected chi connectivity index (χ4v) is 3.84. The van der Waals surface area contributed by atoms with Crippen LogP contribution in [0.15, 0.2) is 58.0 Å². The summed E-state index contributed by atoms with van der Waals surface area (Å²) in [5, 5.41) is 0.925. The van der Waals surface area contributed by atoms with Crippen molar-refractivity contribution in [2.75, 3.05) is 38.1 Å². The molecule has 0 bridgehead atoms. The smallest absolute Gasteiger partial charge is 0.344 e. The topological polar surface area (TPSA) is 54.0 Å². The van der Waals surface area contributed by atoms with E-state index in [1.54, 1.807) is 0 Å². The molecule has 6 nitrogen and oxygen atoms in total. The van der Waals surface area contributed by atoms with E-state index in [4.69, 9.17) is 4.42 Å². The molecule has 0 saturated carbocycles. The van der Waals surface area contributed by atoms with Crippen molar-refractivity contribution in [2.45, 2.75) is 6.92 Å². The average molecular weight is 374 g/mol. The van der Waals surface area contributed by atoms with Crippen LogP contribution in [0.3, 0.4) is 0 Å². The first-order valence-electron chi connectivity index (χ1n) is 9.54. The van der Waals surface area contributed by atoms with Crippen molar-refractivity contribution in [1.82, 2.24) is 14.3 Å². The summed E-state index contributed by atoms with van der Waals surface area (Å²) >= 11 is 0. The second-order valence-electron chi connectivity index (χ2n) is 7.53. The highest BCUT2D eigenvalue weighted by Gasteiger charge is 2.16. The molecular weight excluding hydrogens is 352 g/mol. The molecule has 0 atom stereocenters. The summed E-state index contributed by atoms with van der Waals surface area (Å²) < 4.78 is 7.63. The predicted molar refractivity (Wildman–Crippen MR) is 111 cm³/mol. The van der Waals surface area contributed by atoms with E-state index in [9.17, 15) is 4.79 Å². The van der Waals surface area contributed by atoms with E-state index in [1.807, 2.05) is 54.0 Å². The summed E-state index contributed by atoms with van der Waals surface area (Å²) in [5.41, 5.74) is 4.61. The Bertz CT molecular complexity index is 1230. The van der Waals surface area contributed by atoms with Gasteiger partial charge >= 0.3 is 5.63 Å². The molecule has 6 heteroatoms. The molecule has 0 aliphatic carbocycles. The summed E-state index contributed by atoms with van der Waals surface area (Å²) in [6.45, 7) is 5.99. The molecule has 5 rings (SSSR count). The van der Waals surface area contributed by atoms with Crippen LogP contribution in [0.2, 0.25) is 0 Å². The maximum atomic E-state index is 12.7. The summed E-state index contributed by atoms with van der Waals surface area (Å²) in [6, 6.07) is 11.9. The number of likely N-dealkylation sites (N-methyl/N-ethyl adjacent to an activating group) is 1. The SMILES string of the molecule is Cc1cn2cc(-c3cc4ccc(N5CCN(C)CC5)cc4oc3=O)ccc2n1. The van der Waals surface area contributed by atoms with Crippen LogP contribution in [-0.2, 0) is 0 Å². The highest BCUT2D eigenvalue weighted by molar-refractivity contribution is 5.84. The van der Waals surface area contributed by atoms with Crippen LogP contribution in [0.1, 0.15) is 5.69 Å². The number of imidazole rings is 1. The third-order valence-corrected chi connectivity index (χ3v) is 5.47. The van der Waals surface area contributed by atoms with Crippen LogP contribution in [0, 0.1) is 6.92 Å². The van der Waals surface area contributed by atoms with E-state index in [0.29, 0.717) is 11.1 Å². The number of piperazine rings is 1. The highest BCUT2D eigenvalue weighted by atomic mass is 16.4. The first-order chi connectivity index (χ1) is 13.6. The van der Waals surface area contributed by atoms with E-state index in [2.05, 4.69) is 27.9 Å². The van der Waals surface area contributed by atoms with Gasteiger partial charge in [-0.05, 0) is 44.3 Å². The molecule has 1 aliphatic rings. The number of rotatable bonds is 2. The van der Waals surface area contributed by atoms with Gasteiger partial charge in [0.15, 0.2) is 0 Å². The lowest BCUT2D eigenvalue weighted by molar-refractivity contribution is 0.313. The zero-order valence-electron chi connectivity index (χ0n) is 16.1. The third kappa shape index (κ3) is 2.96. The molecular formula is C22H22N4O2. The lowest BCUT2D eigenvalue weighted by Gasteiger charge is -2.34. The maximum absolute atomic E-state index is 12.7. The van der Waals surface area contributed by atoms with E-state index in [0.717, 1.165) is 54.2 Å². The number of benzene rings is 1. The first-order valence-corrected chi connectivity index (χ1v) is 9.54. The van der Waals surface area contributed by atoms with E-state index in [1.165, 1.54) is 0 Å². The molecule has 1 saturated heterocycles. The van der Waals surface area contributed by atoms with Crippen molar-refractivity contribution < 1.29 is 4.42 Å². The molecule has 0 N–H and O–H groups in total. The van der Waals surface area contributed by atoms with Gasteiger partial charge in [0.05, 0.1) is 11.3 Å². The number of anilines is 1. The number of aryl methyl sites for hydroxylation is 1. The summed E-state index contributed by atoms with van der Waals surface area (Å²) in [5.74, 6) is 0. The monoisotopic (exact) mass is 374 g/mol. The predicted octanol–water partition coefficient (Wildman–Crippen LogP) is 3.17. The molecule has 0 amide bonds. The lowest BCUT2D eigenvalue weighted by atomic mass is 10.1. The van der Waals surface area contributed by atoms with Crippen molar-refractivity contribution in [3.8, 4) is 11.1 Å². The number of pyridine rings is 1. The number of nitrogens with zero attached hydrogens (tertiary/aromatic N) is 4. The lowest BCUT2D eigenvalue weighted by Crippen LogP contribution is -2.44. The molecule has 1 fully saturated rings. The van der Waals surface area contributed by atoms with E-state index < -0.39 is 0 Å². The molecule has 3 aromatic heterocycles. The van der Waals surface area contributed by atoms with Gasteiger partial charge in [-0.3, -0.25) is 0 Å². The van der Waals surface area contributed by atoms with Crippen LogP contribution >= 0.6 is 0 Å². The standard InChI is InChI=1S/C22H22N4O2/c1-15-13-26-14-17(4-6-21(26)23-15)19-11-16-3-5-18(12-20(16)28-22(19)27)25-9-7-24(2)8-10-25/h3-6,11-14H,7-10H2,1-2H3. The Morgan fingerprint density at radius 2 is 1.82 bits per heavy atom. The van der Waals surface area contributed by atoms with E-state index >= 15 is 0 Å². The fraction of sp³-hybridized carbons (Fsp3) is 0.273. The zero-order chi connectivity index (χ0) is 19.3. The molecule has 4 heterocycles. The Morgan fingerprint density at radius 1 is 1.00 bits per heavy atom. The number of hydrogen-bond acceptors (Lipinski definition) is 5. The number of aromatic nitrogens is 2.